The summed E-state index contributed by atoms with van der Waals surface area (Å²) in [4.78, 5) is 5.84. The normalized spacial score (nSPS) is 16.9. The molecule has 6 nitrogen and oxygen atoms in total. The Bertz CT molecular complexity index is 900. The SMILES string of the molecule is Cc1ccc(S(=O)(=O)N2CCN(c3nccn3C)CC2)cc1C(F)(F)F. The molecule has 0 spiro atoms. The molecule has 2 heterocycles. The molecule has 142 valence electrons. The number of hydrogen-bond acceptors (Lipinski definition) is 4. The quantitative estimate of drug-likeness (QED) is 0.809. The average Bonchev–Trinajstić information content (AvgIpc) is 3.00. The van der Waals surface area contributed by atoms with E-state index in [1.807, 2.05) is 16.5 Å². The summed E-state index contributed by atoms with van der Waals surface area (Å²) in [5.74, 6) is 0.733. The van der Waals surface area contributed by atoms with Gasteiger partial charge in [0.05, 0.1) is 10.5 Å². The Morgan fingerprint density at radius 2 is 1.77 bits per heavy atom. The number of alkyl halides is 3. The van der Waals surface area contributed by atoms with E-state index in [2.05, 4.69) is 4.98 Å². The zero-order valence-corrected chi connectivity index (χ0v) is 15.2. The average molecular weight is 388 g/mol. The predicted molar refractivity (Wildman–Crippen MR) is 90.4 cm³/mol. The molecule has 0 aliphatic carbocycles. The lowest BCUT2D eigenvalue weighted by Gasteiger charge is -2.34. The number of sulfonamides is 1. The van der Waals surface area contributed by atoms with Crippen LogP contribution in [-0.4, -0.2) is 48.5 Å². The van der Waals surface area contributed by atoms with Crippen molar-refractivity contribution >= 4 is 16.0 Å². The maximum Gasteiger partial charge on any atom is 0.416 e. The molecule has 1 aliphatic rings. The van der Waals surface area contributed by atoms with Gasteiger partial charge in [-0.1, -0.05) is 6.07 Å². The molecule has 2 aromatic rings. The van der Waals surface area contributed by atoms with Gasteiger partial charge in [-0.15, -0.1) is 0 Å². The summed E-state index contributed by atoms with van der Waals surface area (Å²) in [7, 11) is -2.14. The Hall–Kier alpha value is -2.07. The highest BCUT2D eigenvalue weighted by Crippen LogP contribution is 2.34. The largest absolute Gasteiger partial charge is 0.416 e. The molecule has 3 rings (SSSR count). The van der Waals surface area contributed by atoms with Crippen molar-refractivity contribution in [3.63, 3.8) is 0 Å². The molecule has 0 bridgehead atoms. The lowest BCUT2D eigenvalue weighted by molar-refractivity contribution is -0.138. The lowest BCUT2D eigenvalue weighted by Crippen LogP contribution is -2.49. The van der Waals surface area contributed by atoms with Crippen LogP contribution in [-0.2, 0) is 23.2 Å². The van der Waals surface area contributed by atoms with Gasteiger partial charge in [0.25, 0.3) is 0 Å². The van der Waals surface area contributed by atoms with Crippen LogP contribution >= 0.6 is 0 Å². The van der Waals surface area contributed by atoms with Gasteiger partial charge in [0.2, 0.25) is 16.0 Å². The third-order valence-electron chi connectivity index (χ3n) is 4.47. The Kier molecular flexibility index (Phi) is 4.74. The van der Waals surface area contributed by atoms with E-state index in [-0.39, 0.29) is 23.5 Å². The molecular formula is C16H19F3N4O2S. The van der Waals surface area contributed by atoms with Crippen molar-refractivity contribution in [1.29, 1.82) is 0 Å². The number of anilines is 1. The number of imidazole rings is 1. The number of nitrogens with zero attached hydrogens (tertiary/aromatic N) is 4. The summed E-state index contributed by atoms with van der Waals surface area (Å²) < 4.78 is 67.8. The van der Waals surface area contributed by atoms with Gasteiger partial charge in [-0.05, 0) is 24.6 Å². The topological polar surface area (TPSA) is 58.4 Å². The summed E-state index contributed by atoms with van der Waals surface area (Å²) in [6.45, 7) is 2.52. The van der Waals surface area contributed by atoms with Crippen molar-refractivity contribution in [3.8, 4) is 0 Å². The Balaban J connectivity index is 1.81. The van der Waals surface area contributed by atoms with Crippen LogP contribution in [0.25, 0.3) is 0 Å². The standard InChI is InChI=1S/C16H19F3N4O2S/c1-12-3-4-13(11-14(12)16(17,18)19)26(24,25)23-9-7-22(8-10-23)15-20-5-6-21(15)2/h3-6,11H,7-10H2,1-2H3. The second-order valence-electron chi connectivity index (χ2n) is 6.20. The molecule has 1 saturated heterocycles. The highest BCUT2D eigenvalue weighted by molar-refractivity contribution is 7.89. The van der Waals surface area contributed by atoms with Gasteiger partial charge in [-0.3, -0.25) is 0 Å². The second kappa shape index (κ2) is 6.58. The minimum atomic E-state index is -4.59. The van der Waals surface area contributed by atoms with Crippen molar-refractivity contribution in [2.24, 2.45) is 7.05 Å². The number of aromatic nitrogens is 2. The van der Waals surface area contributed by atoms with Crippen LogP contribution in [0.4, 0.5) is 19.1 Å². The Morgan fingerprint density at radius 1 is 1.12 bits per heavy atom. The van der Waals surface area contributed by atoms with E-state index in [1.54, 1.807) is 12.4 Å². The van der Waals surface area contributed by atoms with Crippen LogP contribution in [0.3, 0.4) is 0 Å². The van der Waals surface area contributed by atoms with Gasteiger partial charge in [-0.2, -0.15) is 17.5 Å². The minimum Gasteiger partial charge on any atom is -0.340 e. The van der Waals surface area contributed by atoms with Crippen molar-refractivity contribution in [3.05, 3.63) is 41.7 Å². The molecule has 0 radical (unpaired) electrons. The van der Waals surface area contributed by atoms with Crippen molar-refractivity contribution in [2.45, 2.75) is 18.0 Å². The van der Waals surface area contributed by atoms with E-state index in [4.69, 9.17) is 0 Å². The molecule has 1 aromatic carbocycles. The third kappa shape index (κ3) is 3.43. The fraction of sp³-hybridized carbons (Fsp3) is 0.438. The summed E-state index contributed by atoms with van der Waals surface area (Å²) in [6.07, 6.45) is -1.14. The van der Waals surface area contributed by atoms with Gasteiger partial charge < -0.3 is 9.47 Å². The predicted octanol–water partition coefficient (Wildman–Crippen LogP) is 2.26. The van der Waals surface area contributed by atoms with Crippen LogP contribution in [0, 0.1) is 6.92 Å². The van der Waals surface area contributed by atoms with Crippen LogP contribution < -0.4 is 4.90 Å². The second-order valence-corrected chi connectivity index (χ2v) is 8.14. The Morgan fingerprint density at radius 3 is 2.31 bits per heavy atom. The molecule has 0 unspecified atom stereocenters. The third-order valence-corrected chi connectivity index (χ3v) is 6.36. The summed E-state index contributed by atoms with van der Waals surface area (Å²) in [5, 5.41) is 0. The number of rotatable bonds is 3. The summed E-state index contributed by atoms with van der Waals surface area (Å²) >= 11 is 0. The molecule has 0 saturated carbocycles. The first kappa shape index (κ1) is 18.7. The Labute approximate surface area is 149 Å². The fourth-order valence-corrected chi connectivity index (χ4v) is 4.46. The van der Waals surface area contributed by atoms with Crippen LogP contribution in [0.15, 0.2) is 35.5 Å². The van der Waals surface area contributed by atoms with Crippen molar-refractivity contribution < 1.29 is 21.6 Å². The number of piperazine rings is 1. The van der Waals surface area contributed by atoms with E-state index in [0.717, 1.165) is 12.0 Å². The fourth-order valence-electron chi connectivity index (χ4n) is 3.01. The van der Waals surface area contributed by atoms with E-state index >= 15 is 0 Å². The number of hydrogen-bond donors (Lipinski definition) is 0. The molecule has 26 heavy (non-hydrogen) atoms. The maximum atomic E-state index is 13.1. The van der Waals surface area contributed by atoms with E-state index in [1.165, 1.54) is 23.4 Å². The number of benzene rings is 1. The lowest BCUT2D eigenvalue weighted by atomic mass is 10.1. The zero-order chi connectivity index (χ0) is 19.1. The molecule has 1 fully saturated rings. The number of halogens is 3. The highest BCUT2D eigenvalue weighted by Gasteiger charge is 2.35. The molecule has 0 atom stereocenters. The van der Waals surface area contributed by atoms with Crippen LogP contribution in [0.2, 0.25) is 0 Å². The van der Waals surface area contributed by atoms with E-state index < -0.39 is 21.8 Å². The molecule has 1 aromatic heterocycles. The minimum absolute atomic E-state index is 0.00366. The zero-order valence-electron chi connectivity index (χ0n) is 14.4. The monoisotopic (exact) mass is 388 g/mol. The molecule has 10 heteroatoms. The molecule has 0 N–H and O–H groups in total. The maximum absolute atomic E-state index is 13.1. The van der Waals surface area contributed by atoms with Crippen molar-refractivity contribution in [2.75, 3.05) is 31.1 Å². The van der Waals surface area contributed by atoms with Gasteiger partial charge in [-0.25, -0.2) is 13.4 Å². The summed E-state index contributed by atoms with van der Waals surface area (Å²) in [6, 6.07) is 3.14. The van der Waals surface area contributed by atoms with E-state index in [9.17, 15) is 21.6 Å². The highest BCUT2D eigenvalue weighted by atomic mass is 32.2. The molecular weight excluding hydrogens is 369 g/mol. The van der Waals surface area contributed by atoms with Crippen LogP contribution in [0.1, 0.15) is 11.1 Å². The molecule has 0 amide bonds. The number of aryl methyl sites for hydroxylation is 2. The first-order valence-electron chi connectivity index (χ1n) is 8.01. The first-order chi connectivity index (χ1) is 12.1. The van der Waals surface area contributed by atoms with E-state index in [0.29, 0.717) is 13.1 Å². The molecule has 1 aliphatic heterocycles. The first-order valence-corrected chi connectivity index (χ1v) is 9.45. The van der Waals surface area contributed by atoms with Gasteiger partial charge in [0.15, 0.2) is 0 Å². The van der Waals surface area contributed by atoms with Crippen molar-refractivity contribution in [1.82, 2.24) is 13.9 Å². The smallest absolute Gasteiger partial charge is 0.340 e. The van der Waals surface area contributed by atoms with Crippen LogP contribution in [0.5, 0.6) is 0 Å². The summed E-state index contributed by atoms with van der Waals surface area (Å²) in [5.41, 5.74) is -0.929. The van der Waals surface area contributed by atoms with Gasteiger partial charge >= 0.3 is 6.18 Å². The van der Waals surface area contributed by atoms with Gasteiger partial charge in [0, 0.05) is 45.6 Å². The van der Waals surface area contributed by atoms with Gasteiger partial charge in [0.1, 0.15) is 0 Å².